The van der Waals surface area contributed by atoms with E-state index < -0.39 is 10.0 Å². The zero-order valence-electron chi connectivity index (χ0n) is 14.0. The molecule has 0 unspecified atom stereocenters. The molecule has 2 aromatic carbocycles. The van der Waals surface area contributed by atoms with Gasteiger partial charge in [0.1, 0.15) is 0 Å². The number of nitrogens with zero attached hydrogens (tertiary/aromatic N) is 1. The number of nitriles is 1. The van der Waals surface area contributed by atoms with Crippen LogP contribution < -0.4 is 10.0 Å². The van der Waals surface area contributed by atoms with E-state index in [0.717, 1.165) is 0 Å². The molecule has 0 saturated carbocycles. The van der Waals surface area contributed by atoms with Crippen molar-refractivity contribution in [1.82, 2.24) is 5.32 Å². The minimum absolute atomic E-state index is 0.0212. The average molecular weight is 357 g/mol. The molecular weight excluding hydrogens is 338 g/mol. The van der Waals surface area contributed by atoms with Crippen molar-refractivity contribution in [2.75, 3.05) is 11.3 Å². The molecule has 0 aliphatic rings. The Kier molecular flexibility index (Phi) is 5.78. The molecule has 0 atom stereocenters. The predicted molar refractivity (Wildman–Crippen MR) is 95.6 cm³/mol. The molecule has 6 nitrogen and oxygen atoms in total. The highest BCUT2D eigenvalue weighted by molar-refractivity contribution is 7.92. The first-order chi connectivity index (χ1) is 11.8. The standard InChI is InChI=1S/C18H19N3O3S/c1-13(2)12-20-18(22)15-6-4-8-17(10-15)25(23,24)21-16-7-3-5-14(9-16)11-19/h3-10,13,21H,12H2,1-2H3,(H,20,22). The molecule has 0 bridgehead atoms. The van der Waals surface area contributed by atoms with Gasteiger partial charge in [0.05, 0.1) is 22.2 Å². The summed E-state index contributed by atoms with van der Waals surface area (Å²) < 4.78 is 27.4. The molecule has 0 aromatic heterocycles. The second-order valence-corrected chi connectivity index (χ2v) is 7.61. The molecule has 0 aliphatic carbocycles. The number of carbonyl (C=O) groups is 1. The summed E-state index contributed by atoms with van der Waals surface area (Å²) in [6.45, 7) is 4.45. The van der Waals surface area contributed by atoms with Crippen LogP contribution in [0.1, 0.15) is 29.8 Å². The van der Waals surface area contributed by atoms with E-state index in [9.17, 15) is 13.2 Å². The molecule has 1 amide bonds. The van der Waals surface area contributed by atoms with Crippen molar-refractivity contribution in [3.05, 3.63) is 59.7 Å². The minimum Gasteiger partial charge on any atom is -0.352 e. The third kappa shape index (κ3) is 5.06. The SMILES string of the molecule is CC(C)CNC(=O)c1cccc(S(=O)(=O)Nc2cccc(C#N)c2)c1. The molecule has 2 N–H and O–H groups in total. The first-order valence-electron chi connectivity index (χ1n) is 7.73. The van der Waals surface area contributed by atoms with Gasteiger partial charge in [-0.05, 0) is 42.3 Å². The number of amides is 1. The number of benzene rings is 2. The topological polar surface area (TPSA) is 99.1 Å². The number of hydrogen-bond donors (Lipinski definition) is 2. The van der Waals surface area contributed by atoms with Crippen molar-refractivity contribution in [1.29, 1.82) is 5.26 Å². The van der Waals surface area contributed by atoms with Gasteiger partial charge in [0.25, 0.3) is 15.9 Å². The Morgan fingerprint density at radius 1 is 1.16 bits per heavy atom. The molecule has 7 heteroatoms. The zero-order valence-corrected chi connectivity index (χ0v) is 14.8. The minimum atomic E-state index is -3.87. The van der Waals surface area contributed by atoms with E-state index in [1.54, 1.807) is 24.3 Å². The highest BCUT2D eigenvalue weighted by atomic mass is 32.2. The van der Waals surface area contributed by atoms with Crippen molar-refractivity contribution >= 4 is 21.6 Å². The maximum Gasteiger partial charge on any atom is 0.261 e. The first kappa shape index (κ1) is 18.5. The van der Waals surface area contributed by atoms with Crippen LogP contribution in [0, 0.1) is 17.2 Å². The van der Waals surface area contributed by atoms with Gasteiger partial charge < -0.3 is 5.32 Å². The van der Waals surface area contributed by atoms with Crippen LogP contribution in [-0.2, 0) is 10.0 Å². The van der Waals surface area contributed by atoms with E-state index in [4.69, 9.17) is 5.26 Å². The summed E-state index contributed by atoms with van der Waals surface area (Å²) in [5.74, 6) is -0.0258. The largest absolute Gasteiger partial charge is 0.352 e. The maximum absolute atomic E-state index is 12.5. The molecule has 2 rings (SSSR count). The lowest BCUT2D eigenvalue weighted by atomic mass is 10.2. The highest BCUT2D eigenvalue weighted by Crippen LogP contribution is 2.18. The number of anilines is 1. The van der Waals surface area contributed by atoms with Gasteiger partial charge in [-0.2, -0.15) is 5.26 Å². The van der Waals surface area contributed by atoms with Crippen LogP contribution in [0.4, 0.5) is 5.69 Å². The van der Waals surface area contributed by atoms with Crippen LogP contribution in [0.15, 0.2) is 53.4 Å². The Morgan fingerprint density at radius 3 is 2.56 bits per heavy atom. The summed E-state index contributed by atoms with van der Waals surface area (Å²) in [6, 6.07) is 13.9. The molecular formula is C18H19N3O3S. The van der Waals surface area contributed by atoms with Crippen LogP contribution in [0.5, 0.6) is 0 Å². The Balaban J connectivity index is 2.23. The van der Waals surface area contributed by atoms with Crippen molar-refractivity contribution in [2.24, 2.45) is 5.92 Å². The Morgan fingerprint density at radius 2 is 1.88 bits per heavy atom. The Bertz CT molecular complexity index is 915. The van der Waals surface area contributed by atoms with E-state index in [1.807, 2.05) is 19.9 Å². The van der Waals surface area contributed by atoms with Crippen molar-refractivity contribution < 1.29 is 13.2 Å². The van der Waals surface area contributed by atoms with Gasteiger partial charge >= 0.3 is 0 Å². The number of hydrogen-bond acceptors (Lipinski definition) is 4. The fraction of sp³-hybridized carbons (Fsp3) is 0.222. The summed E-state index contributed by atoms with van der Waals surface area (Å²) in [4.78, 5) is 12.1. The third-order valence-corrected chi connectivity index (χ3v) is 4.70. The molecule has 130 valence electrons. The zero-order chi connectivity index (χ0) is 18.4. The lowest BCUT2D eigenvalue weighted by Gasteiger charge is -2.11. The molecule has 0 saturated heterocycles. The number of rotatable bonds is 6. The maximum atomic E-state index is 12.5. The van der Waals surface area contributed by atoms with E-state index in [1.165, 1.54) is 24.3 Å². The number of carbonyl (C=O) groups excluding carboxylic acids is 1. The van der Waals surface area contributed by atoms with Crippen LogP contribution in [0.25, 0.3) is 0 Å². The first-order valence-corrected chi connectivity index (χ1v) is 9.21. The summed E-state index contributed by atoms with van der Waals surface area (Å²) in [7, 11) is -3.87. The van der Waals surface area contributed by atoms with Gasteiger partial charge in [-0.15, -0.1) is 0 Å². The number of sulfonamides is 1. The van der Waals surface area contributed by atoms with Crippen molar-refractivity contribution in [2.45, 2.75) is 18.7 Å². The van der Waals surface area contributed by atoms with E-state index >= 15 is 0 Å². The molecule has 0 heterocycles. The third-order valence-electron chi connectivity index (χ3n) is 3.32. The summed E-state index contributed by atoms with van der Waals surface area (Å²) >= 11 is 0. The Labute approximate surface area is 147 Å². The van der Waals surface area contributed by atoms with E-state index in [0.29, 0.717) is 18.0 Å². The van der Waals surface area contributed by atoms with Crippen LogP contribution in [-0.4, -0.2) is 20.9 Å². The monoisotopic (exact) mass is 357 g/mol. The highest BCUT2D eigenvalue weighted by Gasteiger charge is 2.17. The molecule has 0 aliphatic heterocycles. The average Bonchev–Trinajstić information content (AvgIpc) is 2.59. The van der Waals surface area contributed by atoms with Crippen LogP contribution in [0.2, 0.25) is 0 Å². The second kappa shape index (κ2) is 7.81. The quantitative estimate of drug-likeness (QED) is 0.830. The fourth-order valence-corrected chi connectivity index (χ4v) is 3.16. The number of nitrogens with one attached hydrogen (secondary N) is 2. The van der Waals surface area contributed by atoms with Crippen molar-refractivity contribution in [3.8, 4) is 6.07 Å². The summed E-state index contributed by atoms with van der Waals surface area (Å²) in [5, 5.41) is 11.6. The van der Waals surface area contributed by atoms with Gasteiger partial charge in [-0.1, -0.05) is 26.0 Å². The van der Waals surface area contributed by atoms with Crippen LogP contribution >= 0.6 is 0 Å². The molecule has 25 heavy (non-hydrogen) atoms. The van der Waals surface area contributed by atoms with Gasteiger partial charge in [0, 0.05) is 12.1 Å². The lowest BCUT2D eigenvalue weighted by molar-refractivity contribution is 0.0949. The smallest absolute Gasteiger partial charge is 0.261 e. The van der Waals surface area contributed by atoms with Crippen LogP contribution in [0.3, 0.4) is 0 Å². The van der Waals surface area contributed by atoms with E-state index in [2.05, 4.69) is 10.0 Å². The summed E-state index contributed by atoms with van der Waals surface area (Å²) in [5.41, 5.74) is 0.907. The van der Waals surface area contributed by atoms with Gasteiger partial charge in [-0.3, -0.25) is 9.52 Å². The molecule has 0 fully saturated rings. The molecule has 2 aromatic rings. The fourth-order valence-electron chi connectivity index (χ4n) is 2.07. The van der Waals surface area contributed by atoms with Gasteiger partial charge in [-0.25, -0.2) is 8.42 Å². The second-order valence-electron chi connectivity index (χ2n) is 5.93. The van der Waals surface area contributed by atoms with Crippen molar-refractivity contribution in [3.63, 3.8) is 0 Å². The molecule has 0 radical (unpaired) electrons. The Hall–Kier alpha value is -2.85. The molecule has 0 spiro atoms. The van der Waals surface area contributed by atoms with E-state index in [-0.39, 0.29) is 22.1 Å². The predicted octanol–water partition coefficient (Wildman–Crippen LogP) is 2.74. The van der Waals surface area contributed by atoms with Gasteiger partial charge in [0.2, 0.25) is 0 Å². The summed E-state index contributed by atoms with van der Waals surface area (Å²) in [6.07, 6.45) is 0. The lowest BCUT2D eigenvalue weighted by Crippen LogP contribution is -2.27. The normalized spacial score (nSPS) is 11.0. The van der Waals surface area contributed by atoms with Gasteiger partial charge in [0.15, 0.2) is 0 Å².